The summed E-state index contributed by atoms with van der Waals surface area (Å²) in [6.45, 7) is 2.34. The molecule has 2 heterocycles. The fraction of sp³-hybridized carbons (Fsp3) is 0.312. The summed E-state index contributed by atoms with van der Waals surface area (Å²) in [4.78, 5) is 10.0. The molecule has 0 N–H and O–H groups in total. The average Bonchev–Trinajstić information content (AvgIpc) is 2.62. The molecule has 1 saturated heterocycles. The molecule has 1 aromatic heterocycles. The number of ether oxygens (including phenoxy) is 2. The van der Waals surface area contributed by atoms with Gasteiger partial charge in [-0.25, -0.2) is 14.9 Å². The number of morpholine rings is 1. The molecule has 0 amide bonds. The molecule has 1 unspecified atom stereocenters. The van der Waals surface area contributed by atoms with Gasteiger partial charge in [-0.15, -0.1) is 0 Å². The van der Waals surface area contributed by atoms with Crippen molar-refractivity contribution in [3.63, 3.8) is 0 Å². The molecule has 6 nitrogen and oxygen atoms in total. The highest BCUT2D eigenvalue weighted by Crippen LogP contribution is 2.31. The van der Waals surface area contributed by atoms with Gasteiger partial charge in [0.05, 0.1) is 18.8 Å². The molecule has 112 valence electrons. The summed E-state index contributed by atoms with van der Waals surface area (Å²) in [6, 6.07) is 11.6. The predicted molar refractivity (Wildman–Crippen MR) is 78.8 cm³/mol. The molecule has 6 heteroatoms. The molecule has 1 aromatic carbocycles. The highest BCUT2D eigenvalue weighted by Gasteiger charge is 2.43. The predicted octanol–water partition coefficient (Wildman–Crippen LogP) is 1.56. The van der Waals surface area contributed by atoms with E-state index >= 15 is 0 Å². The molecule has 0 radical (unpaired) electrons. The van der Waals surface area contributed by atoms with Crippen LogP contribution in [0.4, 0.5) is 0 Å². The fourth-order valence-corrected chi connectivity index (χ4v) is 2.48. The molecule has 0 aliphatic carbocycles. The van der Waals surface area contributed by atoms with E-state index in [1.807, 2.05) is 35.2 Å². The molecule has 0 saturated carbocycles. The Bertz CT molecular complexity index is 638. The molecule has 1 fully saturated rings. The zero-order valence-electron chi connectivity index (χ0n) is 12.1. The summed E-state index contributed by atoms with van der Waals surface area (Å²) in [5.74, 6) is 0.624. The second kappa shape index (κ2) is 6.52. The number of aromatic nitrogens is 2. The van der Waals surface area contributed by atoms with E-state index in [9.17, 15) is 5.26 Å². The molecule has 2 aromatic rings. The van der Waals surface area contributed by atoms with E-state index in [4.69, 9.17) is 9.47 Å². The fourth-order valence-electron chi connectivity index (χ4n) is 2.48. The molecular formula is C16H16N4O2. The van der Waals surface area contributed by atoms with Crippen molar-refractivity contribution in [1.82, 2.24) is 14.9 Å². The maximum absolute atomic E-state index is 9.93. The smallest absolute Gasteiger partial charge is 0.281 e. The van der Waals surface area contributed by atoms with Gasteiger partial charge in [0.1, 0.15) is 18.1 Å². The number of nitriles is 1. The van der Waals surface area contributed by atoms with E-state index in [0.29, 0.717) is 37.6 Å². The first kappa shape index (κ1) is 14.4. The van der Waals surface area contributed by atoms with Gasteiger partial charge in [0.2, 0.25) is 0 Å². The van der Waals surface area contributed by atoms with Crippen molar-refractivity contribution in [2.24, 2.45) is 0 Å². The van der Waals surface area contributed by atoms with Crippen LogP contribution in [0.1, 0.15) is 5.56 Å². The minimum Gasteiger partial charge on any atom is -0.455 e. The Morgan fingerprint density at radius 1 is 1.14 bits per heavy atom. The molecule has 0 bridgehead atoms. The third-order valence-corrected chi connectivity index (χ3v) is 3.57. The molecule has 3 rings (SSSR count). The minimum atomic E-state index is -1.26. The number of para-hydroxylation sites is 1. The Hall–Kier alpha value is -2.49. The van der Waals surface area contributed by atoms with Gasteiger partial charge < -0.3 is 9.47 Å². The Labute approximate surface area is 128 Å². The van der Waals surface area contributed by atoms with Crippen LogP contribution in [0.25, 0.3) is 0 Å². The highest BCUT2D eigenvalue weighted by molar-refractivity contribution is 5.29. The van der Waals surface area contributed by atoms with Crippen molar-refractivity contribution < 1.29 is 9.47 Å². The lowest BCUT2D eigenvalue weighted by atomic mass is 10.0. The van der Waals surface area contributed by atoms with Gasteiger partial charge >= 0.3 is 0 Å². The molecule has 1 aliphatic heterocycles. The molecule has 1 aliphatic rings. The monoisotopic (exact) mass is 296 g/mol. The maximum atomic E-state index is 9.93. The maximum Gasteiger partial charge on any atom is 0.281 e. The SMILES string of the molecule is N#CC(Oc1ccccc1)(c1cncnc1)N1CCOCC1. The first-order valence-electron chi connectivity index (χ1n) is 7.09. The van der Waals surface area contributed by atoms with Gasteiger partial charge in [0, 0.05) is 25.5 Å². The summed E-state index contributed by atoms with van der Waals surface area (Å²) in [5, 5.41) is 9.93. The topological polar surface area (TPSA) is 71.3 Å². The molecule has 22 heavy (non-hydrogen) atoms. The largest absolute Gasteiger partial charge is 0.455 e. The number of nitrogens with zero attached hydrogens (tertiary/aromatic N) is 4. The zero-order chi connectivity index (χ0) is 15.3. The Balaban J connectivity index is 2.02. The van der Waals surface area contributed by atoms with Crippen LogP contribution in [0.5, 0.6) is 5.75 Å². The van der Waals surface area contributed by atoms with Crippen LogP contribution in [0.3, 0.4) is 0 Å². The summed E-state index contributed by atoms with van der Waals surface area (Å²) >= 11 is 0. The third-order valence-electron chi connectivity index (χ3n) is 3.57. The van der Waals surface area contributed by atoms with Crippen molar-refractivity contribution in [2.75, 3.05) is 26.3 Å². The van der Waals surface area contributed by atoms with Crippen LogP contribution in [0, 0.1) is 11.3 Å². The van der Waals surface area contributed by atoms with Gasteiger partial charge in [-0.2, -0.15) is 5.26 Å². The lowest BCUT2D eigenvalue weighted by Crippen LogP contribution is -2.54. The second-order valence-electron chi connectivity index (χ2n) is 4.90. The lowest BCUT2D eigenvalue weighted by Gasteiger charge is -2.40. The second-order valence-corrected chi connectivity index (χ2v) is 4.90. The number of rotatable bonds is 4. The van der Waals surface area contributed by atoms with Gasteiger partial charge in [0.15, 0.2) is 0 Å². The molecule has 1 atom stereocenters. The van der Waals surface area contributed by atoms with Crippen molar-refractivity contribution in [1.29, 1.82) is 5.26 Å². The van der Waals surface area contributed by atoms with E-state index in [2.05, 4.69) is 16.0 Å². The van der Waals surface area contributed by atoms with E-state index < -0.39 is 5.72 Å². The quantitative estimate of drug-likeness (QED) is 0.852. The number of benzene rings is 1. The van der Waals surface area contributed by atoms with Gasteiger partial charge in [-0.1, -0.05) is 18.2 Å². The molecular weight excluding hydrogens is 280 g/mol. The van der Waals surface area contributed by atoms with E-state index in [1.54, 1.807) is 12.4 Å². The van der Waals surface area contributed by atoms with E-state index in [1.165, 1.54) is 6.33 Å². The Kier molecular flexibility index (Phi) is 4.28. The van der Waals surface area contributed by atoms with E-state index in [-0.39, 0.29) is 0 Å². The number of hydrogen-bond acceptors (Lipinski definition) is 6. The van der Waals surface area contributed by atoms with Crippen LogP contribution in [0.15, 0.2) is 49.1 Å². The van der Waals surface area contributed by atoms with Gasteiger partial charge in [0.25, 0.3) is 5.72 Å². The van der Waals surface area contributed by atoms with Gasteiger partial charge in [-0.3, -0.25) is 0 Å². The lowest BCUT2D eigenvalue weighted by molar-refractivity contribution is -0.0929. The van der Waals surface area contributed by atoms with Crippen LogP contribution in [-0.4, -0.2) is 41.2 Å². The van der Waals surface area contributed by atoms with Gasteiger partial charge in [-0.05, 0) is 12.1 Å². The zero-order valence-corrected chi connectivity index (χ0v) is 12.1. The number of hydrogen-bond donors (Lipinski definition) is 0. The van der Waals surface area contributed by atoms with Crippen LogP contribution in [0.2, 0.25) is 0 Å². The summed E-state index contributed by atoms with van der Waals surface area (Å²) in [7, 11) is 0. The van der Waals surface area contributed by atoms with Crippen molar-refractivity contribution in [2.45, 2.75) is 5.72 Å². The Morgan fingerprint density at radius 3 is 2.45 bits per heavy atom. The average molecular weight is 296 g/mol. The Morgan fingerprint density at radius 2 is 1.82 bits per heavy atom. The first-order valence-corrected chi connectivity index (χ1v) is 7.09. The molecule has 0 spiro atoms. The summed E-state index contributed by atoms with van der Waals surface area (Å²) in [5.41, 5.74) is -0.643. The summed E-state index contributed by atoms with van der Waals surface area (Å²) < 4.78 is 11.5. The van der Waals surface area contributed by atoms with Crippen molar-refractivity contribution in [3.8, 4) is 11.8 Å². The van der Waals surface area contributed by atoms with Crippen molar-refractivity contribution in [3.05, 3.63) is 54.6 Å². The van der Waals surface area contributed by atoms with Crippen molar-refractivity contribution >= 4 is 0 Å². The third kappa shape index (κ3) is 2.77. The van der Waals surface area contributed by atoms with Crippen LogP contribution in [-0.2, 0) is 10.5 Å². The van der Waals surface area contributed by atoms with Crippen LogP contribution >= 0.6 is 0 Å². The first-order chi connectivity index (χ1) is 10.8. The standard InChI is InChI=1S/C16H16N4O2/c17-12-16(14-10-18-13-19-11-14,20-6-8-21-9-7-20)22-15-4-2-1-3-5-15/h1-5,10-11,13H,6-9H2. The van der Waals surface area contributed by atoms with E-state index in [0.717, 1.165) is 0 Å². The van der Waals surface area contributed by atoms with Crippen LogP contribution < -0.4 is 4.74 Å². The highest BCUT2D eigenvalue weighted by atomic mass is 16.5. The summed E-state index contributed by atoms with van der Waals surface area (Å²) in [6.07, 6.45) is 4.68. The normalized spacial score (nSPS) is 18.1. The minimum absolute atomic E-state index is 0.565.